The average Bonchev–Trinajstić information content (AvgIpc) is 2.60. The maximum atomic E-state index is 11.7. The summed E-state index contributed by atoms with van der Waals surface area (Å²) in [7, 11) is -1.19. The van der Waals surface area contributed by atoms with Crippen LogP contribution in [0.25, 0.3) is 0 Å². The molecule has 2 atom stereocenters. The van der Waals surface area contributed by atoms with Gasteiger partial charge in [0.15, 0.2) is 9.84 Å². The number of hydrogen-bond acceptors (Lipinski definition) is 7. The van der Waals surface area contributed by atoms with E-state index in [1.54, 1.807) is 18.0 Å². The van der Waals surface area contributed by atoms with Gasteiger partial charge in [0.1, 0.15) is 5.82 Å². The smallest absolute Gasteiger partial charge is 0.227 e. The van der Waals surface area contributed by atoms with Gasteiger partial charge >= 0.3 is 0 Å². The summed E-state index contributed by atoms with van der Waals surface area (Å²) in [6.45, 7) is 7.18. The molecule has 1 fully saturated rings. The van der Waals surface area contributed by atoms with Crippen LogP contribution in [0.3, 0.4) is 0 Å². The molecule has 2 rings (SSSR count). The summed E-state index contributed by atoms with van der Waals surface area (Å²) in [6.07, 6.45) is 3.95. The lowest BCUT2D eigenvalue weighted by Crippen LogP contribution is -2.43. The molecule has 0 spiro atoms. The molecule has 2 heterocycles. The number of sulfone groups is 1. The molecule has 1 aromatic heterocycles. The molecule has 142 valence electrons. The second kappa shape index (κ2) is 8.80. The Bertz CT molecular complexity index is 651. The molecule has 1 aromatic rings. The summed E-state index contributed by atoms with van der Waals surface area (Å²) in [6, 6.07) is 2.06. The van der Waals surface area contributed by atoms with Crippen molar-refractivity contribution in [3.8, 4) is 0 Å². The summed E-state index contributed by atoms with van der Waals surface area (Å²) in [5.74, 6) is 1.96. The number of nitrogens with zero attached hydrogens (tertiary/aromatic N) is 3. The zero-order chi connectivity index (χ0) is 18.4. The molecule has 1 saturated heterocycles. The lowest BCUT2D eigenvalue weighted by atomic mass is 9.94. The van der Waals surface area contributed by atoms with Crippen molar-refractivity contribution in [2.75, 3.05) is 41.9 Å². The van der Waals surface area contributed by atoms with Crippen LogP contribution in [0.2, 0.25) is 0 Å². The number of hydrogen-bond donors (Lipinski definition) is 1. The molecular formula is C17H30N4O3S. The number of anilines is 2. The minimum atomic E-state index is -3.00. The van der Waals surface area contributed by atoms with Gasteiger partial charge in [-0.2, -0.15) is 4.98 Å². The Labute approximate surface area is 151 Å². The van der Waals surface area contributed by atoms with E-state index in [0.717, 1.165) is 25.3 Å². The van der Waals surface area contributed by atoms with Crippen LogP contribution in [0.15, 0.2) is 12.3 Å². The van der Waals surface area contributed by atoms with Gasteiger partial charge in [-0.1, -0.05) is 20.8 Å². The Hall–Kier alpha value is -1.41. The zero-order valence-corrected chi connectivity index (χ0v) is 16.4. The van der Waals surface area contributed by atoms with Gasteiger partial charge in [-0.3, -0.25) is 0 Å². The van der Waals surface area contributed by atoms with Gasteiger partial charge in [0.2, 0.25) is 5.95 Å². The molecule has 1 aliphatic heterocycles. The molecule has 0 bridgehead atoms. The normalized spacial score (nSPS) is 21.3. The predicted molar refractivity (Wildman–Crippen MR) is 101 cm³/mol. The van der Waals surface area contributed by atoms with Gasteiger partial charge in [0.25, 0.3) is 0 Å². The van der Waals surface area contributed by atoms with Gasteiger partial charge in [-0.15, -0.1) is 0 Å². The van der Waals surface area contributed by atoms with Gasteiger partial charge in [-0.05, 0) is 24.8 Å². The Kier molecular flexibility index (Phi) is 7.01. The molecule has 8 heteroatoms. The SMILES string of the molecule is CCS(=O)(=O)CCN(C)c1nccc(NC2CCCOC2C(C)C)n1. The molecule has 7 nitrogen and oxygen atoms in total. The number of rotatable bonds is 8. The van der Waals surface area contributed by atoms with Crippen LogP contribution < -0.4 is 10.2 Å². The second-order valence-electron chi connectivity index (χ2n) is 6.87. The molecule has 0 amide bonds. The minimum absolute atomic E-state index is 0.104. The minimum Gasteiger partial charge on any atom is -0.376 e. The Balaban J connectivity index is 2.02. The summed E-state index contributed by atoms with van der Waals surface area (Å²) in [5, 5.41) is 3.47. The van der Waals surface area contributed by atoms with E-state index in [0.29, 0.717) is 18.4 Å². The standard InChI is InChI=1S/C17H30N4O3S/c1-5-25(22,23)12-10-21(4)17-18-9-8-15(20-17)19-14-7-6-11-24-16(14)13(2)3/h8-9,13-14,16H,5-7,10-12H2,1-4H3,(H,18,19,20). The van der Waals surface area contributed by atoms with Gasteiger partial charge in [0, 0.05) is 32.1 Å². The summed E-state index contributed by atoms with van der Waals surface area (Å²) < 4.78 is 29.2. The van der Waals surface area contributed by atoms with E-state index in [1.165, 1.54) is 0 Å². The summed E-state index contributed by atoms with van der Waals surface area (Å²) in [5.41, 5.74) is 0. The molecule has 0 saturated carbocycles. The van der Waals surface area contributed by atoms with Crippen molar-refractivity contribution < 1.29 is 13.2 Å². The quantitative estimate of drug-likeness (QED) is 0.749. The lowest BCUT2D eigenvalue weighted by molar-refractivity contribution is -0.0203. The van der Waals surface area contributed by atoms with Crippen molar-refractivity contribution in [2.45, 2.75) is 45.8 Å². The topological polar surface area (TPSA) is 84.4 Å². The third-order valence-electron chi connectivity index (χ3n) is 4.52. The summed E-state index contributed by atoms with van der Waals surface area (Å²) in [4.78, 5) is 10.6. The van der Waals surface area contributed by atoms with E-state index < -0.39 is 9.84 Å². The first-order valence-corrected chi connectivity index (χ1v) is 10.8. The first kappa shape index (κ1) is 19.9. The zero-order valence-electron chi connectivity index (χ0n) is 15.6. The third-order valence-corrected chi connectivity index (χ3v) is 6.20. The monoisotopic (exact) mass is 370 g/mol. The highest BCUT2D eigenvalue weighted by molar-refractivity contribution is 7.91. The highest BCUT2D eigenvalue weighted by Gasteiger charge is 2.28. The van der Waals surface area contributed by atoms with Crippen LogP contribution in [-0.4, -0.2) is 62.2 Å². The van der Waals surface area contributed by atoms with E-state index in [2.05, 4.69) is 29.1 Å². The fourth-order valence-corrected chi connectivity index (χ4v) is 3.78. The van der Waals surface area contributed by atoms with Crippen LogP contribution in [0, 0.1) is 5.92 Å². The van der Waals surface area contributed by atoms with Crippen molar-refractivity contribution in [3.05, 3.63) is 12.3 Å². The van der Waals surface area contributed by atoms with Crippen LogP contribution in [-0.2, 0) is 14.6 Å². The second-order valence-corrected chi connectivity index (χ2v) is 9.35. The predicted octanol–water partition coefficient (Wildman–Crippen LogP) is 1.96. The van der Waals surface area contributed by atoms with Crippen molar-refractivity contribution in [2.24, 2.45) is 5.92 Å². The Morgan fingerprint density at radius 1 is 1.44 bits per heavy atom. The van der Waals surface area contributed by atoms with Crippen molar-refractivity contribution >= 4 is 21.6 Å². The van der Waals surface area contributed by atoms with Gasteiger partial charge in [0.05, 0.1) is 17.9 Å². The molecule has 2 unspecified atom stereocenters. The Morgan fingerprint density at radius 2 is 2.20 bits per heavy atom. The number of ether oxygens (including phenoxy) is 1. The molecule has 0 radical (unpaired) electrons. The summed E-state index contributed by atoms with van der Waals surface area (Å²) >= 11 is 0. The molecule has 0 aliphatic carbocycles. The maximum Gasteiger partial charge on any atom is 0.227 e. The van der Waals surface area contributed by atoms with Crippen molar-refractivity contribution in [1.29, 1.82) is 0 Å². The molecule has 25 heavy (non-hydrogen) atoms. The van der Waals surface area contributed by atoms with Crippen LogP contribution in [0.4, 0.5) is 11.8 Å². The van der Waals surface area contributed by atoms with E-state index >= 15 is 0 Å². The third kappa shape index (κ3) is 5.81. The average molecular weight is 371 g/mol. The van der Waals surface area contributed by atoms with Crippen LogP contribution in [0.5, 0.6) is 0 Å². The first-order chi connectivity index (χ1) is 11.8. The lowest BCUT2D eigenvalue weighted by Gasteiger charge is -2.35. The highest BCUT2D eigenvalue weighted by Crippen LogP contribution is 2.23. The maximum absolute atomic E-state index is 11.7. The Morgan fingerprint density at radius 3 is 2.88 bits per heavy atom. The fraction of sp³-hybridized carbons (Fsp3) is 0.765. The molecule has 1 N–H and O–H groups in total. The molecule has 1 aliphatic rings. The van der Waals surface area contributed by atoms with Crippen LogP contribution >= 0.6 is 0 Å². The van der Waals surface area contributed by atoms with E-state index in [4.69, 9.17) is 4.74 Å². The van der Waals surface area contributed by atoms with E-state index in [-0.39, 0.29) is 23.7 Å². The fourth-order valence-electron chi connectivity index (χ4n) is 2.94. The van der Waals surface area contributed by atoms with Crippen LogP contribution in [0.1, 0.15) is 33.6 Å². The van der Waals surface area contributed by atoms with Gasteiger partial charge < -0.3 is 15.0 Å². The number of aromatic nitrogens is 2. The first-order valence-electron chi connectivity index (χ1n) is 8.95. The van der Waals surface area contributed by atoms with Crippen molar-refractivity contribution in [3.63, 3.8) is 0 Å². The van der Waals surface area contributed by atoms with Gasteiger partial charge in [-0.25, -0.2) is 13.4 Å². The molecular weight excluding hydrogens is 340 g/mol. The number of nitrogens with one attached hydrogen (secondary N) is 1. The highest BCUT2D eigenvalue weighted by atomic mass is 32.2. The van der Waals surface area contributed by atoms with E-state index in [9.17, 15) is 8.42 Å². The van der Waals surface area contributed by atoms with E-state index in [1.807, 2.05) is 13.1 Å². The largest absolute Gasteiger partial charge is 0.376 e. The molecule has 0 aromatic carbocycles. The van der Waals surface area contributed by atoms with Crippen molar-refractivity contribution in [1.82, 2.24) is 9.97 Å².